The Morgan fingerprint density at radius 2 is 1.62 bits per heavy atom. The number of halogens is 2. The van der Waals surface area contributed by atoms with Crippen LogP contribution in [0.15, 0.2) is 48.5 Å². The van der Waals surface area contributed by atoms with Gasteiger partial charge in [0.05, 0.1) is 14.2 Å². The number of aliphatic hydroxyl groups excluding tert-OH is 1. The highest BCUT2D eigenvalue weighted by Gasteiger charge is 2.20. The summed E-state index contributed by atoms with van der Waals surface area (Å²) >= 11 is 0. The van der Waals surface area contributed by atoms with Crippen LogP contribution < -0.4 is 19.1 Å². The van der Waals surface area contributed by atoms with Gasteiger partial charge in [0.2, 0.25) is 0 Å². The fourth-order valence-corrected chi connectivity index (χ4v) is 3.62. The molecule has 8 heteroatoms. The zero-order chi connectivity index (χ0) is 21.3. The summed E-state index contributed by atoms with van der Waals surface area (Å²) in [4.78, 5) is 4.64. The van der Waals surface area contributed by atoms with Crippen LogP contribution in [-0.2, 0) is 0 Å². The summed E-state index contributed by atoms with van der Waals surface area (Å²) < 4.78 is 16.5. The van der Waals surface area contributed by atoms with Crippen molar-refractivity contribution in [1.82, 2.24) is 4.90 Å². The Morgan fingerprint density at radius 1 is 0.938 bits per heavy atom. The van der Waals surface area contributed by atoms with Crippen LogP contribution in [0.4, 0.5) is 5.69 Å². The number of hydrogen-bond donors (Lipinski definition) is 1. The molecule has 1 atom stereocenters. The molecule has 0 amide bonds. The number of anilines is 1. The molecule has 1 aliphatic rings. The van der Waals surface area contributed by atoms with Crippen molar-refractivity contribution in [2.75, 3.05) is 58.5 Å². The number of β-amino-alcohol motifs (C(OH)–C–C–N with tert-alkyl or cyclic N) is 1. The molecule has 178 valence electrons. The fourth-order valence-electron chi connectivity index (χ4n) is 3.62. The molecular weight excluding hydrogens is 451 g/mol. The van der Waals surface area contributed by atoms with Gasteiger partial charge in [-0.25, -0.2) is 0 Å². The molecule has 32 heavy (non-hydrogen) atoms. The van der Waals surface area contributed by atoms with Gasteiger partial charge in [0, 0.05) is 38.4 Å². The molecule has 0 aliphatic carbocycles. The SMILES string of the molecule is C/C=C/c1ccc(OCC(O)CN2CCN(c3ccc(OC)cc3)CC2)c(OC)c1.Cl.Cl. The van der Waals surface area contributed by atoms with E-state index in [2.05, 4.69) is 21.9 Å². The zero-order valence-corrected chi connectivity index (χ0v) is 20.5. The molecule has 0 spiro atoms. The Balaban J connectivity index is 0.00000256. The van der Waals surface area contributed by atoms with Crippen LogP contribution in [0.25, 0.3) is 6.08 Å². The molecule has 6 nitrogen and oxygen atoms in total. The summed E-state index contributed by atoms with van der Waals surface area (Å²) in [6, 6.07) is 13.9. The van der Waals surface area contributed by atoms with E-state index in [1.165, 1.54) is 5.69 Å². The van der Waals surface area contributed by atoms with Gasteiger partial charge in [-0.15, -0.1) is 24.8 Å². The van der Waals surface area contributed by atoms with Gasteiger partial charge in [-0.05, 0) is 48.9 Å². The molecule has 2 aromatic rings. The first-order valence-electron chi connectivity index (χ1n) is 10.4. The standard InChI is InChI=1S/C24H32N2O4.2ClH/c1-4-5-19-6-11-23(24(16-19)29-3)30-18-21(27)17-25-12-14-26(15-13-25)20-7-9-22(28-2)10-8-20;;/h4-11,16,21,27H,12-15,17-18H2,1-3H3;2*1H/b5-4+;;. The molecule has 0 aromatic heterocycles. The lowest BCUT2D eigenvalue weighted by molar-refractivity contribution is 0.0653. The van der Waals surface area contributed by atoms with Gasteiger partial charge in [-0.2, -0.15) is 0 Å². The first-order valence-corrected chi connectivity index (χ1v) is 10.4. The van der Waals surface area contributed by atoms with Gasteiger partial charge in [0.15, 0.2) is 11.5 Å². The van der Waals surface area contributed by atoms with E-state index < -0.39 is 6.10 Å². The average molecular weight is 485 g/mol. The van der Waals surface area contributed by atoms with Crippen LogP contribution in [0, 0.1) is 0 Å². The van der Waals surface area contributed by atoms with Crippen LogP contribution >= 0.6 is 24.8 Å². The van der Waals surface area contributed by atoms with Gasteiger partial charge < -0.3 is 24.2 Å². The molecule has 0 radical (unpaired) electrons. The predicted octanol–water partition coefficient (Wildman–Crippen LogP) is 4.14. The van der Waals surface area contributed by atoms with Crippen molar-refractivity contribution in [2.24, 2.45) is 0 Å². The van der Waals surface area contributed by atoms with Crippen molar-refractivity contribution >= 4 is 36.6 Å². The highest BCUT2D eigenvalue weighted by molar-refractivity contribution is 5.85. The number of piperazine rings is 1. The summed E-state index contributed by atoms with van der Waals surface area (Å²) in [6.07, 6.45) is 3.43. The van der Waals surface area contributed by atoms with Gasteiger partial charge in [-0.1, -0.05) is 18.2 Å². The number of aliphatic hydroxyl groups is 1. The maximum atomic E-state index is 10.5. The second-order valence-corrected chi connectivity index (χ2v) is 7.36. The average Bonchev–Trinajstić information content (AvgIpc) is 2.79. The van der Waals surface area contributed by atoms with E-state index in [1.807, 2.05) is 49.4 Å². The third kappa shape index (κ3) is 7.78. The van der Waals surface area contributed by atoms with Gasteiger partial charge in [0.1, 0.15) is 18.5 Å². The topological polar surface area (TPSA) is 54.4 Å². The number of rotatable bonds is 9. The number of methoxy groups -OCH3 is 2. The summed E-state index contributed by atoms with van der Waals surface area (Å²) in [5, 5.41) is 10.5. The van der Waals surface area contributed by atoms with Crippen LogP contribution in [0.3, 0.4) is 0 Å². The highest BCUT2D eigenvalue weighted by atomic mass is 35.5. The lowest BCUT2D eigenvalue weighted by Gasteiger charge is -2.36. The minimum atomic E-state index is -0.558. The lowest BCUT2D eigenvalue weighted by Crippen LogP contribution is -2.49. The molecule has 1 heterocycles. The monoisotopic (exact) mass is 484 g/mol. The first kappa shape index (κ1) is 27.9. The second-order valence-electron chi connectivity index (χ2n) is 7.36. The number of nitrogens with zero attached hydrogens (tertiary/aromatic N) is 2. The van der Waals surface area contributed by atoms with E-state index in [4.69, 9.17) is 14.2 Å². The summed E-state index contributed by atoms with van der Waals surface area (Å²) in [7, 11) is 3.30. The maximum Gasteiger partial charge on any atom is 0.161 e. The summed E-state index contributed by atoms with van der Waals surface area (Å²) in [6.45, 7) is 6.48. The molecule has 1 unspecified atom stereocenters. The number of benzene rings is 2. The van der Waals surface area contributed by atoms with Gasteiger partial charge >= 0.3 is 0 Å². The zero-order valence-electron chi connectivity index (χ0n) is 18.9. The largest absolute Gasteiger partial charge is 0.497 e. The molecular formula is C24H34Cl2N2O4. The van der Waals surface area contributed by atoms with Crippen molar-refractivity contribution in [3.63, 3.8) is 0 Å². The van der Waals surface area contributed by atoms with Crippen LogP contribution in [0.1, 0.15) is 12.5 Å². The minimum Gasteiger partial charge on any atom is -0.497 e. The number of hydrogen-bond acceptors (Lipinski definition) is 6. The highest BCUT2D eigenvalue weighted by Crippen LogP contribution is 2.28. The maximum absolute atomic E-state index is 10.5. The molecule has 1 fully saturated rings. The van der Waals surface area contributed by atoms with E-state index in [0.29, 0.717) is 18.0 Å². The van der Waals surface area contributed by atoms with Gasteiger partial charge in [-0.3, -0.25) is 4.90 Å². The summed E-state index contributed by atoms with van der Waals surface area (Å²) in [5.41, 5.74) is 2.25. The first-order chi connectivity index (χ1) is 14.6. The number of allylic oxidation sites excluding steroid dienone is 1. The Labute approximate surface area is 203 Å². The van der Waals surface area contributed by atoms with Crippen LogP contribution in [-0.4, -0.2) is 69.7 Å². The number of ether oxygens (including phenoxy) is 3. The van der Waals surface area contributed by atoms with Crippen molar-refractivity contribution < 1.29 is 19.3 Å². The van der Waals surface area contributed by atoms with Crippen LogP contribution in [0.2, 0.25) is 0 Å². The Morgan fingerprint density at radius 3 is 2.22 bits per heavy atom. The lowest BCUT2D eigenvalue weighted by atomic mass is 10.2. The quantitative estimate of drug-likeness (QED) is 0.576. The van der Waals surface area contributed by atoms with E-state index in [1.54, 1.807) is 14.2 Å². The van der Waals surface area contributed by atoms with E-state index in [-0.39, 0.29) is 31.4 Å². The molecule has 0 saturated carbocycles. The van der Waals surface area contributed by atoms with Crippen molar-refractivity contribution in [3.8, 4) is 17.2 Å². The van der Waals surface area contributed by atoms with Crippen LogP contribution in [0.5, 0.6) is 17.2 Å². The molecule has 1 N–H and O–H groups in total. The Bertz CT molecular complexity index is 825. The molecule has 1 saturated heterocycles. The fraction of sp³-hybridized carbons (Fsp3) is 0.417. The van der Waals surface area contributed by atoms with E-state index in [9.17, 15) is 5.11 Å². The molecule has 1 aliphatic heterocycles. The molecule has 2 aromatic carbocycles. The molecule has 0 bridgehead atoms. The Hall–Kier alpha value is -2.12. The van der Waals surface area contributed by atoms with Crippen molar-refractivity contribution in [1.29, 1.82) is 0 Å². The predicted molar refractivity (Wildman–Crippen MR) is 135 cm³/mol. The normalized spacial score (nSPS) is 14.9. The van der Waals surface area contributed by atoms with Crippen molar-refractivity contribution in [2.45, 2.75) is 13.0 Å². The Kier molecular flexibility index (Phi) is 12.3. The van der Waals surface area contributed by atoms with E-state index >= 15 is 0 Å². The smallest absolute Gasteiger partial charge is 0.161 e. The van der Waals surface area contributed by atoms with Crippen molar-refractivity contribution in [3.05, 3.63) is 54.1 Å². The van der Waals surface area contributed by atoms with E-state index in [0.717, 1.165) is 37.5 Å². The summed E-state index contributed by atoms with van der Waals surface area (Å²) in [5.74, 6) is 2.19. The second kappa shape index (κ2) is 14.1. The van der Waals surface area contributed by atoms with Gasteiger partial charge in [0.25, 0.3) is 0 Å². The minimum absolute atomic E-state index is 0. The third-order valence-electron chi connectivity index (χ3n) is 5.26. The third-order valence-corrected chi connectivity index (χ3v) is 5.26. The molecule has 3 rings (SSSR count).